The third-order valence-electron chi connectivity index (χ3n) is 3.12. The first-order chi connectivity index (χ1) is 9.85. The van der Waals surface area contributed by atoms with Gasteiger partial charge in [-0.2, -0.15) is 5.26 Å². The molecule has 0 saturated heterocycles. The number of hydrogen-bond acceptors (Lipinski definition) is 4. The van der Waals surface area contributed by atoms with E-state index in [1.165, 1.54) is 24.3 Å². The number of aromatic hydroxyl groups is 1. The molecule has 2 aromatic carbocycles. The van der Waals surface area contributed by atoms with E-state index in [-0.39, 0.29) is 16.3 Å². The lowest BCUT2D eigenvalue weighted by Crippen LogP contribution is -2.14. The molecule has 2 N–H and O–H groups in total. The average molecular weight is 302 g/mol. The Hall–Kier alpha value is -2.52. The predicted octanol–water partition coefficient (Wildman–Crippen LogP) is 2.68. The van der Waals surface area contributed by atoms with E-state index < -0.39 is 10.0 Å². The summed E-state index contributed by atoms with van der Waals surface area (Å²) in [6.07, 6.45) is 0. The molecule has 0 atom stereocenters. The van der Waals surface area contributed by atoms with E-state index in [9.17, 15) is 13.5 Å². The van der Waals surface area contributed by atoms with E-state index in [0.29, 0.717) is 16.7 Å². The molecule has 0 amide bonds. The van der Waals surface area contributed by atoms with Crippen molar-refractivity contribution in [3.63, 3.8) is 0 Å². The standard InChI is InChI=1S/C15H14N2O3S/c1-10-4-3-5-14(18)15(10)17-21(19,20)13-7-6-12(9-16)11(2)8-13/h3-8,17-18H,1-2H3. The number of aryl methyl sites for hydroxylation is 2. The predicted molar refractivity (Wildman–Crippen MR) is 79.5 cm³/mol. The SMILES string of the molecule is Cc1cc(S(=O)(=O)Nc2c(C)cccc2O)ccc1C#N. The molecule has 0 aliphatic carbocycles. The molecule has 0 spiro atoms. The van der Waals surface area contributed by atoms with Gasteiger partial charge in [0, 0.05) is 0 Å². The number of para-hydroxylation sites is 1. The summed E-state index contributed by atoms with van der Waals surface area (Å²) in [6.45, 7) is 3.37. The average Bonchev–Trinajstić information content (AvgIpc) is 2.43. The Bertz CT molecular complexity index is 816. The monoisotopic (exact) mass is 302 g/mol. The Balaban J connectivity index is 2.44. The maximum Gasteiger partial charge on any atom is 0.262 e. The molecule has 5 nitrogen and oxygen atoms in total. The van der Waals surface area contributed by atoms with E-state index in [4.69, 9.17) is 5.26 Å². The number of phenolic OH excluding ortho intramolecular Hbond substituents is 1. The van der Waals surface area contributed by atoms with Crippen molar-refractivity contribution in [1.29, 1.82) is 5.26 Å². The highest BCUT2D eigenvalue weighted by Gasteiger charge is 2.18. The van der Waals surface area contributed by atoms with Gasteiger partial charge >= 0.3 is 0 Å². The highest BCUT2D eigenvalue weighted by atomic mass is 32.2. The molecule has 0 aromatic heterocycles. The lowest BCUT2D eigenvalue weighted by atomic mass is 10.1. The van der Waals surface area contributed by atoms with Gasteiger partial charge in [-0.15, -0.1) is 0 Å². The second-order valence-corrected chi connectivity index (χ2v) is 6.35. The van der Waals surface area contributed by atoms with Crippen LogP contribution >= 0.6 is 0 Å². The summed E-state index contributed by atoms with van der Waals surface area (Å²) < 4.78 is 27.1. The zero-order chi connectivity index (χ0) is 15.6. The van der Waals surface area contributed by atoms with Gasteiger partial charge in [0.1, 0.15) is 5.75 Å². The molecule has 0 heterocycles. The van der Waals surface area contributed by atoms with Crippen LogP contribution in [-0.2, 0) is 10.0 Å². The molecule has 0 aliphatic heterocycles. The fourth-order valence-electron chi connectivity index (χ4n) is 1.91. The minimum Gasteiger partial charge on any atom is -0.506 e. The van der Waals surface area contributed by atoms with Crippen molar-refractivity contribution >= 4 is 15.7 Å². The molecule has 108 valence electrons. The Morgan fingerprint density at radius 3 is 2.43 bits per heavy atom. The molecular weight excluding hydrogens is 288 g/mol. The minimum atomic E-state index is -3.83. The van der Waals surface area contributed by atoms with Crippen LogP contribution in [0.15, 0.2) is 41.3 Å². The molecule has 0 aliphatic rings. The molecule has 0 unspecified atom stereocenters. The number of rotatable bonds is 3. The summed E-state index contributed by atoms with van der Waals surface area (Å²) in [6, 6.07) is 11.0. The van der Waals surface area contributed by atoms with E-state index >= 15 is 0 Å². The third-order valence-corrected chi connectivity index (χ3v) is 4.46. The van der Waals surface area contributed by atoms with Gasteiger partial charge in [-0.25, -0.2) is 8.42 Å². The van der Waals surface area contributed by atoms with Gasteiger partial charge in [0.15, 0.2) is 0 Å². The van der Waals surface area contributed by atoms with Gasteiger partial charge < -0.3 is 5.11 Å². The fourth-order valence-corrected chi connectivity index (χ4v) is 3.14. The van der Waals surface area contributed by atoms with Crippen molar-refractivity contribution in [3.8, 4) is 11.8 Å². The van der Waals surface area contributed by atoms with E-state index in [1.54, 1.807) is 26.0 Å². The van der Waals surface area contributed by atoms with Crippen LogP contribution in [0.1, 0.15) is 16.7 Å². The van der Waals surface area contributed by atoms with Crippen molar-refractivity contribution in [3.05, 3.63) is 53.1 Å². The fraction of sp³-hybridized carbons (Fsp3) is 0.133. The van der Waals surface area contributed by atoms with Gasteiger partial charge in [0.2, 0.25) is 0 Å². The van der Waals surface area contributed by atoms with Crippen LogP contribution in [0.2, 0.25) is 0 Å². The molecule has 0 saturated carbocycles. The van der Waals surface area contributed by atoms with Crippen LogP contribution in [0, 0.1) is 25.2 Å². The number of nitrogens with zero attached hydrogens (tertiary/aromatic N) is 1. The second kappa shape index (κ2) is 5.46. The number of phenols is 1. The maximum atomic E-state index is 12.4. The van der Waals surface area contributed by atoms with E-state index in [0.717, 1.165) is 0 Å². The summed E-state index contributed by atoms with van der Waals surface area (Å²) in [4.78, 5) is 0.0432. The van der Waals surface area contributed by atoms with E-state index in [2.05, 4.69) is 4.72 Å². The molecule has 0 radical (unpaired) electrons. The summed E-state index contributed by atoms with van der Waals surface area (Å²) in [5, 5.41) is 18.6. The molecule has 2 rings (SSSR count). The largest absolute Gasteiger partial charge is 0.506 e. The van der Waals surface area contributed by atoms with Crippen LogP contribution in [0.4, 0.5) is 5.69 Å². The van der Waals surface area contributed by atoms with Crippen LogP contribution in [-0.4, -0.2) is 13.5 Å². The molecule has 0 fully saturated rings. The van der Waals surface area contributed by atoms with Crippen LogP contribution < -0.4 is 4.72 Å². The van der Waals surface area contributed by atoms with Gasteiger partial charge in [0.05, 0.1) is 22.2 Å². The quantitative estimate of drug-likeness (QED) is 0.853. The molecule has 21 heavy (non-hydrogen) atoms. The first kappa shape index (κ1) is 14.9. The summed E-state index contributed by atoms with van der Waals surface area (Å²) in [5.74, 6) is -0.135. The van der Waals surface area contributed by atoms with E-state index in [1.807, 2.05) is 6.07 Å². The second-order valence-electron chi connectivity index (χ2n) is 4.66. The highest BCUT2D eigenvalue weighted by Crippen LogP contribution is 2.29. The molecule has 0 bridgehead atoms. The van der Waals surface area contributed by atoms with Crippen LogP contribution in [0.25, 0.3) is 0 Å². The Kier molecular flexibility index (Phi) is 3.87. The lowest BCUT2D eigenvalue weighted by molar-refractivity contribution is 0.477. The third kappa shape index (κ3) is 2.98. The number of hydrogen-bond donors (Lipinski definition) is 2. The van der Waals surface area contributed by atoms with Gasteiger partial charge in [-0.3, -0.25) is 4.72 Å². The van der Waals surface area contributed by atoms with Crippen molar-refractivity contribution in [2.75, 3.05) is 4.72 Å². The number of benzene rings is 2. The van der Waals surface area contributed by atoms with Crippen LogP contribution in [0.5, 0.6) is 5.75 Å². The van der Waals surface area contributed by atoms with Crippen molar-refractivity contribution in [1.82, 2.24) is 0 Å². The summed E-state index contributed by atoms with van der Waals surface area (Å²) in [7, 11) is -3.83. The number of nitrogens with one attached hydrogen (secondary N) is 1. The molecule has 6 heteroatoms. The van der Waals surface area contributed by atoms with Crippen molar-refractivity contribution in [2.45, 2.75) is 18.7 Å². The topological polar surface area (TPSA) is 90.2 Å². The van der Waals surface area contributed by atoms with Gasteiger partial charge in [-0.1, -0.05) is 12.1 Å². The molecule has 2 aromatic rings. The number of nitriles is 1. The summed E-state index contributed by atoms with van der Waals surface area (Å²) >= 11 is 0. The van der Waals surface area contributed by atoms with Gasteiger partial charge in [0.25, 0.3) is 10.0 Å². The number of anilines is 1. The minimum absolute atomic E-state index is 0.0432. The zero-order valence-electron chi connectivity index (χ0n) is 11.6. The summed E-state index contributed by atoms with van der Waals surface area (Å²) in [5.41, 5.74) is 1.77. The van der Waals surface area contributed by atoms with Gasteiger partial charge in [-0.05, 0) is 49.2 Å². The van der Waals surface area contributed by atoms with Crippen LogP contribution in [0.3, 0.4) is 0 Å². The first-order valence-electron chi connectivity index (χ1n) is 6.17. The first-order valence-corrected chi connectivity index (χ1v) is 7.65. The van der Waals surface area contributed by atoms with Crippen molar-refractivity contribution < 1.29 is 13.5 Å². The smallest absolute Gasteiger partial charge is 0.262 e. The number of sulfonamides is 1. The Labute approximate surface area is 123 Å². The van der Waals surface area contributed by atoms with Crippen molar-refractivity contribution in [2.24, 2.45) is 0 Å². The Morgan fingerprint density at radius 1 is 1.14 bits per heavy atom. The lowest BCUT2D eigenvalue weighted by Gasteiger charge is -2.12. The normalized spacial score (nSPS) is 10.9. The molecular formula is C15H14N2O3S. The highest BCUT2D eigenvalue weighted by molar-refractivity contribution is 7.92. The zero-order valence-corrected chi connectivity index (χ0v) is 12.4. The maximum absolute atomic E-state index is 12.4. The Morgan fingerprint density at radius 2 is 1.86 bits per heavy atom.